The molecule has 0 radical (unpaired) electrons. The molecule has 1 aromatic heterocycles. The van der Waals surface area contributed by atoms with E-state index in [1.807, 2.05) is 6.07 Å². The van der Waals surface area contributed by atoms with Gasteiger partial charge in [-0.1, -0.05) is 6.07 Å². The highest BCUT2D eigenvalue weighted by Crippen LogP contribution is 2.15. The molecule has 8 heteroatoms. The molecule has 3 aromatic rings. The molecule has 2 N–H and O–H groups in total. The highest BCUT2D eigenvalue weighted by molar-refractivity contribution is 5.98. The first-order chi connectivity index (χ1) is 13.5. The van der Waals surface area contributed by atoms with Gasteiger partial charge in [0.2, 0.25) is 0 Å². The number of H-pyrrole nitrogens is 2. The quantitative estimate of drug-likeness (QED) is 0.703. The van der Waals surface area contributed by atoms with Crippen LogP contribution in [0.3, 0.4) is 0 Å². The number of amides is 2. The number of imidazole rings is 1. The summed E-state index contributed by atoms with van der Waals surface area (Å²) in [6.45, 7) is 1.68. The number of nitrogens with zero attached hydrogens (tertiary/aromatic N) is 3. The van der Waals surface area contributed by atoms with Gasteiger partial charge in [-0.05, 0) is 36.4 Å². The van der Waals surface area contributed by atoms with Crippen LogP contribution in [0.25, 0.3) is 11.0 Å². The number of rotatable bonds is 2. The minimum absolute atomic E-state index is 0.137. The molecule has 8 nitrogen and oxygen atoms in total. The molecule has 1 aliphatic heterocycles. The first-order valence-electron chi connectivity index (χ1n) is 8.86. The predicted molar refractivity (Wildman–Crippen MR) is 102 cm³/mol. The molecule has 0 spiro atoms. The summed E-state index contributed by atoms with van der Waals surface area (Å²) in [5.41, 5.74) is 2.33. The molecule has 0 unspecified atom stereocenters. The third-order valence-electron chi connectivity index (χ3n) is 4.86. The van der Waals surface area contributed by atoms with Crippen molar-refractivity contribution in [2.75, 3.05) is 26.2 Å². The van der Waals surface area contributed by atoms with E-state index in [4.69, 9.17) is 5.26 Å². The molecule has 1 saturated heterocycles. The van der Waals surface area contributed by atoms with Crippen molar-refractivity contribution in [3.05, 3.63) is 69.6 Å². The molecular formula is C20H17N5O3. The topological polar surface area (TPSA) is 113 Å². The average Bonchev–Trinajstić information content (AvgIpc) is 3.12. The first kappa shape index (κ1) is 17.5. The Kier molecular flexibility index (Phi) is 4.41. The summed E-state index contributed by atoms with van der Waals surface area (Å²) >= 11 is 0. The Balaban J connectivity index is 1.44. The lowest BCUT2D eigenvalue weighted by atomic mass is 10.1. The average molecular weight is 375 g/mol. The molecule has 2 amide bonds. The lowest BCUT2D eigenvalue weighted by Crippen LogP contribution is -2.50. The van der Waals surface area contributed by atoms with Gasteiger partial charge in [-0.15, -0.1) is 0 Å². The number of piperazine rings is 1. The fourth-order valence-electron chi connectivity index (χ4n) is 3.37. The Bertz CT molecular complexity index is 1160. The summed E-state index contributed by atoms with van der Waals surface area (Å²) in [7, 11) is 0. The van der Waals surface area contributed by atoms with Gasteiger partial charge < -0.3 is 19.8 Å². The van der Waals surface area contributed by atoms with Crippen LogP contribution in [0.2, 0.25) is 0 Å². The maximum atomic E-state index is 12.8. The van der Waals surface area contributed by atoms with Gasteiger partial charge in [-0.25, -0.2) is 4.79 Å². The number of benzene rings is 2. The second kappa shape index (κ2) is 7.04. The van der Waals surface area contributed by atoms with Gasteiger partial charge in [0.15, 0.2) is 0 Å². The maximum absolute atomic E-state index is 12.8. The summed E-state index contributed by atoms with van der Waals surface area (Å²) < 4.78 is 0. The van der Waals surface area contributed by atoms with Crippen LogP contribution in [0.4, 0.5) is 0 Å². The summed E-state index contributed by atoms with van der Waals surface area (Å²) in [4.78, 5) is 45.4. The van der Waals surface area contributed by atoms with Gasteiger partial charge in [0.05, 0.1) is 22.7 Å². The van der Waals surface area contributed by atoms with Crippen LogP contribution in [-0.2, 0) is 0 Å². The van der Waals surface area contributed by atoms with Crippen LogP contribution in [0.1, 0.15) is 26.3 Å². The van der Waals surface area contributed by atoms with E-state index in [1.165, 1.54) is 0 Å². The molecule has 28 heavy (non-hydrogen) atoms. The number of hydrogen-bond acceptors (Lipinski definition) is 4. The maximum Gasteiger partial charge on any atom is 0.323 e. The van der Waals surface area contributed by atoms with Crippen molar-refractivity contribution in [3.63, 3.8) is 0 Å². The van der Waals surface area contributed by atoms with Crippen LogP contribution >= 0.6 is 0 Å². The SMILES string of the molecule is N#Cc1cccc(C(=O)N2CCN(C(=O)c3ccc4[nH]c(=O)[nH]c4c3)CC2)c1. The molecule has 1 fully saturated rings. The number of carbonyl (C=O) groups excluding carboxylic acids is 2. The standard InChI is InChI=1S/C20H17N5O3/c21-12-13-2-1-3-14(10-13)18(26)24-6-8-25(9-7-24)19(27)15-4-5-16-17(11-15)23-20(28)22-16/h1-5,10-11H,6-9H2,(H2,22,23,28). The Labute approximate surface area is 160 Å². The van der Waals surface area contributed by atoms with Gasteiger partial charge in [-0.2, -0.15) is 5.26 Å². The van der Waals surface area contributed by atoms with Gasteiger partial charge in [0.25, 0.3) is 11.8 Å². The number of fused-ring (bicyclic) bond motifs is 1. The van der Waals surface area contributed by atoms with E-state index in [-0.39, 0.29) is 17.5 Å². The number of carbonyl (C=O) groups is 2. The van der Waals surface area contributed by atoms with E-state index in [1.54, 1.807) is 52.3 Å². The van der Waals surface area contributed by atoms with Crippen molar-refractivity contribution in [3.8, 4) is 6.07 Å². The first-order valence-corrected chi connectivity index (χ1v) is 8.86. The fraction of sp³-hybridized carbons (Fsp3) is 0.200. The van der Waals surface area contributed by atoms with E-state index in [0.29, 0.717) is 53.9 Å². The number of aromatic nitrogens is 2. The third kappa shape index (κ3) is 3.25. The summed E-state index contributed by atoms with van der Waals surface area (Å²) in [5.74, 6) is -0.280. The molecule has 0 bridgehead atoms. The summed E-state index contributed by atoms with van der Waals surface area (Å²) in [6, 6.07) is 13.7. The summed E-state index contributed by atoms with van der Waals surface area (Å²) in [6.07, 6.45) is 0. The second-order valence-electron chi connectivity index (χ2n) is 6.62. The molecule has 2 aromatic carbocycles. The molecule has 2 heterocycles. The Morgan fingerprint density at radius 3 is 2.11 bits per heavy atom. The second-order valence-corrected chi connectivity index (χ2v) is 6.62. The summed E-state index contributed by atoms with van der Waals surface area (Å²) in [5, 5.41) is 8.99. The lowest BCUT2D eigenvalue weighted by molar-refractivity contribution is 0.0535. The van der Waals surface area contributed by atoms with Crippen molar-refractivity contribution in [1.29, 1.82) is 5.26 Å². The van der Waals surface area contributed by atoms with E-state index < -0.39 is 0 Å². The normalized spacial score (nSPS) is 14.1. The van der Waals surface area contributed by atoms with Crippen LogP contribution < -0.4 is 5.69 Å². The highest BCUT2D eigenvalue weighted by Gasteiger charge is 2.25. The van der Waals surface area contributed by atoms with Crippen LogP contribution in [0.5, 0.6) is 0 Å². The zero-order valence-electron chi connectivity index (χ0n) is 14.9. The van der Waals surface area contributed by atoms with Crippen molar-refractivity contribution >= 4 is 22.8 Å². The minimum Gasteiger partial charge on any atom is -0.335 e. The predicted octanol–water partition coefficient (Wildman–Crippen LogP) is 1.33. The Morgan fingerprint density at radius 2 is 1.46 bits per heavy atom. The number of nitriles is 1. The van der Waals surface area contributed by atoms with Crippen molar-refractivity contribution < 1.29 is 9.59 Å². The van der Waals surface area contributed by atoms with Crippen molar-refractivity contribution in [2.24, 2.45) is 0 Å². The minimum atomic E-state index is -0.313. The number of nitrogens with one attached hydrogen (secondary N) is 2. The molecule has 0 aliphatic carbocycles. The van der Waals surface area contributed by atoms with Gasteiger partial charge >= 0.3 is 5.69 Å². The smallest absolute Gasteiger partial charge is 0.323 e. The molecular weight excluding hydrogens is 358 g/mol. The third-order valence-corrected chi connectivity index (χ3v) is 4.86. The Hall–Kier alpha value is -3.86. The van der Waals surface area contributed by atoms with Crippen LogP contribution in [0, 0.1) is 11.3 Å². The van der Waals surface area contributed by atoms with Crippen molar-refractivity contribution in [2.45, 2.75) is 0 Å². The zero-order valence-corrected chi connectivity index (χ0v) is 14.9. The largest absolute Gasteiger partial charge is 0.335 e. The molecule has 4 rings (SSSR count). The molecule has 140 valence electrons. The van der Waals surface area contributed by atoms with Gasteiger partial charge in [0, 0.05) is 37.3 Å². The van der Waals surface area contributed by atoms with Gasteiger partial charge in [0.1, 0.15) is 0 Å². The van der Waals surface area contributed by atoms with Crippen LogP contribution in [0.15, 0.2) is 47.3 Å². The Morgan fingerprint density at radius 1 is 0.857 bits per heavy atom. The number of hydrogen-bond donors (Lipinski definition) is 2. The van der Waals surface area contributed by atoms with E-state index in [0.717, 1.165) is 0 Å². The zero-order chi connectivity index (χ0) is 19.7. The van der Waals surface area contributed by atoms with Crippen molar-refractivity contribution in [1.82, 2.24) is 19.8 Å². The molecule has 0 saturated carbocycles. The fourth-order valence-corrected chi connectivity index (χ4v) is 3.37. The van der Waals surface area contributed by atoms with E-state index >= 15 is 0 Å². The lowest BCUT2D eigenvalue weighted by Gasteiger charge is -2.35. The molecule has 0 atom stereocenters. The number of aromatic amines is 2. The van der Waals surface area contributed by atoms with E-state index in [2.05, 4.69) is 9.97 Å². The van der Waals surface area contributed by atoms with Gasteiger partial charge in [-0.3, -0.25) is 9.59 Å². The highest BCUT2D eigenvalue weighted by atomic mass is 16.2. The monoisotopic (exact) mass is 375 g/mol. The van der Waals surface area contributed by atoms with E-state index in [9.17, 15) is 14.4 Å². The van der Waals surface area contributed by atoms with Crippen LogP contribution in [-0.4, -0.2) is 57.8 Å². The molecule has 1 aliphatic rings.